The fourth-order valence-electron chi connectivity index (χ4n) is 1.57. The number of carbonyl (C=O) groups excluding carboxylic acids is 1. The van der Waals surface area contributed by atoms with E-state index in [0.29, 0.717) is 19.5 Å². The molecule has 0 fully saturated rings. The van der Waals surface area contributed by atoms with Crippen LogP contribution >= 0.6 is 0 Å². The second-order valence-corrected chi connectivity index (χ2v) is 4.97. The number of rotatable bonds is 7. The molecule has 1 rings (SSSR count). The number of hydrogen-bond donors (Lipinski definition) is 2. The molecule has 0 aromatic carbocycles. The molecule has 0 atom stereocenters. The highest BCUT2D eigenvalue weighted by molar-refractivity contribution is 5.75. The van der Waals surface area contributed by atoms with Gasteiger partial charge in [-0.1, -0.05) is 19.0 Å². The number of nitrogens with one attached hydrogen (secondary N) is 1. The lowest BCUT2D eigenvalue weighted by atomic mass is 9.84. The van der Waals surface area contributed by atoms with Gasteiger partial charge in [0.25, 0.3) is 0 Å². The molecule has 0 bridgehead atoms. The molecule has 17 heavy (non-hydrogen) atoms. The number of aromatic nitrogens is 1. The normalized spacial score (nSPS) is 11.5. The minimum absolute atomic E-state index is 0.0399. The molecule has 0 unspecified atom stereocenters. The summed E-state index contributed by atoms with van der Waals surface area (Å²) in [4.78, 5) is 11.6. The van der Waals surface area contributed by atoms with Crippen LogP contribution in [-0.4, -0.2) is 17.6 Å². The molecule has 3 N–H and O–H groups in total. The summed E-state index contributed by atoms with van der Waals surface area (Å²) >= 11 is 0. The molecule has 5 heteroatoms. The third kappa shape index (κ3) is 5.49. The topological polar surface area (TPSA) is 81.2 Å². The van der Waals surface area contributed by atoms with E-state index < -0.39 is 0 Å². The van der Waals surface area contributed by atoms with Gasteiger partial charge >= 0.3 is 0 Å². The molecule has 0 aliphatic heterocycles. The van der Waals surface area contributed by atoms with Crippen LogP contribution < -0.4 is 11.1 Å². The zero-order chi connectivity index (χ0) is 12.7. The van der Waals surface area contributed by atoms with E-state index in [1.165, 1.54) is 6.26 Å². The fraction of sp³-hybridized carbons (Fsp3) is 0.667. The van der Waals surface area contributed by atoms with Gasteiger partial charge in [0.2, 0.25) is 5.91 Å². The van der Waals surface area contributed by atoms with Crippen molar-refractivity contribution in [1.29, 1.82) is 0 Å². The smallest absolute Gasteiger partial charge is 0.220 e. The molecule has 1 heterocycles. The predicted molar refractivity (Wildman–Crippen MR) is 65.0 cm³/mol. The number of amides is 1. The van der Waals surface area contributed by atoms with Gasteiger partial charge in [-0.05, 0) is 24.8 Å². The van der Waals surface area contributed by atoms with E-state index in [9.17, 15) is 4.79 Å². The maximum absolute atomic E-state index is 11.6. The molecule has 0 aliphatic carbocycles. The Hall–Kier alpha value is -1.36. The maximum atomic E-state index is 11.6. The van der Waals surface area contributed by atoms with Crippen molar-refractivity contribution in [2.75, 3.05) is 6.54 Å². The minimum atomic E-state index is 0.0399. The second kappa shape index (κ2) is 6.39. The van der Waals surface area contributed by atoms with Gasteiger partial charge in [-0.25, -0.2) is 0 Å². The average Bonchev–Trinajstić information content (AvgIpc) is 2.76. The Labute approximate surface area is 102 Å². The van der Waals surface area contributed by atoms with Gasteiger partial charge in [-0.15, -0.1) is 0 Å². The Bertz CT molecular complexity index is 334. The van der Waals surface area contributed by atoms with E-state index >= 15 is 0 Å². The van der Waals surface area contributed by atoms with Crippen LogP contribution in [0, 0.1) is 5.41 Å². The van der Waals surface area contributed by atoms with Crippen molar-refractivity contribution in [2.45, 2.75) is 39.7 Å². The Balaban J connectivity index is 2.21. The van der Waals surface area contributed by atoms with E-state index in [1.54, 1.807) is 6.07 Å². The quantitative estimate of drug-likeness (QED) is 0.754. The monoisotopic (exact) mass is 239 g/mol. The van der Waals surface area contributed by atoms with Crippen molar-refractivity contribution in [2.24, 2.45) is 11.1 Å². The molecule has 1 amide bonds. The van der Waals surface area contributed by atoms with Crippen molar-refractivity contribution in [3.8, 4) is 0 Å². The SMILES string of the molecule is CC(C)(CCN)CCC(=O)NCc1ccon1. The number of nitrogens with zero attached hydrogens (tertiary/aromatic N) is 1. The Morgan fingerprint density at radius 3 is 2.88 bits per heavy atom. The van der Waals surface area contributed by atoms with Crippen molar-refractivity contribution in [3.63, 3.8) is 0 Å². The third-order valence-electron chi connectivity index (χ3n) is 2.81. The highest BCUT2D eigenvalue weighted by atomic mass is 16.5. The maximum Gasteiger partial charge on any atom is 0.220 e. The van der Waals surface area contributed by atoms with Crippen LogP contribution in [-0.2, 0) is 11.3 Å². The van der Waals surface area contributed by atoms with Gasteiger partial charge in [-0.3, -0.25) is 4.79 Å². The highest BCUT2D eigenvalue weighted by Gasteiger charge is 2.18. The summed E-state index contributed by atoms with van der Waals surface area (Å²) in [5.74, 6) is 0.0399. The number of carbonyl (C=O) groups is 1. The summed E-state index contributed by atoms with van der Waals surface area (Å²) in [5, 5.41) is 6.53. The zero-order valence-corrected chi connectivity index (χ0v) is 10.5. The first kappa shape index (κ1) is 13.7. The first-order valence-corrected chi connectivity index (χ1v) is 5.89. The Morgan fingerprint density at radius 1 is 1.53 bits per heavy atom. The van der Waals surface area contributed by atoms with Gasteiger partial charge in [0.15, 0.2) is 0 Å². The minimum Gasteiger partial charge on any atom is -0.364 e. The molecular formula is C12H21N3O2. The molecule has 0 saturated carbocycles. The highest BCUT2D eigenvalue weighted by Crippen LogP contribution is 2.25. The molecule has 5 nitrogen and oxygen atoms in total. The van der Waals surface area contributed by atoms with Gasteiger partial charge in [0, 0.05) is 12.5 Å². The first-order valence-electron chi connectivity index (χ1n) is 5.89. The molecule has 0 aliphatic rings. The lowest BCUT2D eigenvalue weighted by Crippen LogP contribution is -2.25. The summed E-state index contributed by atoms with van der Waals surface area (Å²) in [7, 11) is 0. The molecule has 0 saturated heterocycles. The largest absolute Gasteiger partial charge is 0.364 e. The van der Waals surface area contributed by atoms with Crippen LogP contribution in [0.1, 0.15) is 38.8 Å². The van der Waals surface area contributed by atoms with Gasteiger partial charge in [0.1, 0.15) is 12.0 Å². The molecule has 96 valence electrons. The van der Waals surface area contributed by atoms with Gasteiger partial charge in [-0.2, -0.15) is 0 Å². The van der Waals surface area contributed by atoms with Crippen molar-refractivity contribution in [3.05, 3.63) is 18.0 Å². The number of nitrogens with two attached hydrogens (primary N) is 1. The van der Waals surface area contributed by atoms with E-state index in [4.69, 9.17) is 5.73 Å². The van der Waals surface area contributed by atoms with E-state index in [1.807, 2.05) is 0 Å². The van der Waals surface area contributed by atoms with Crippen LogP contribution in [0.15, 0.2) is 16.9 Å². The van der Waals surface area contributed by atoms with E-state index in [0.717, 1.165) is 18.5 Å². The van der Waals surface area contributed by atoms with Gasteiger partial charge < -0.3 is 15.6 Å². The van der Waals surface area contributed by atoms with Crippen LogP contribution in [0.5, 0.6) is 0 Å². The summed E-state index contributed by atoms with van der Waals surface area (Å²) < 4.78 is 4.68. The predicted octanol–water partition coefficient (Wildman–Crippen LogP) is 1.45. The molecule has 0 spiro atoms. The second-order valence-electron chi connectivity index (χ2n) is 4.97. The van der Waals surface area contributed by atoms with E-state index in [-0.39, 0.29) is 11.3 Å². The zero-order valence-electron chi connectivity index (χ0n) is 10.5. The van der Waals surface area contributed by atoms with Crippen LogP contribution in [0.4, 0.5) is 0 Å². The fourth-order valence-corrected chi connectivity index (χ4v) is 1.57. The summed E-state index contributed by atoms with van der Waals surface area (Å²) in [6, 6.07) is 1.73. The van der Waals surface area contributed by atoms with Crippen LogP contribution in [0.3, 0.4) is 0 Å². The standard InChI is InChI=1S/C12H21N3O2/c1-12(2,6-7-13)5-3-11(16)14-9-10-4-8-17-15-10/h4,8H,3,5-7,9,13H2,1-2H3,(H,14,16). The van der Waals surface area contributed by atoms with Crippen molar-refractivity contribution < 1.29 is 9.32 Å². The summed E-state index contributed by atoms with van der Waals surface area (Å²) in [6.07, 6.45) is 3.79. The van der Waals surface area contributed by atoms with Crippen LogP contribution in [0.25, 0.3) is 0 Å². The summed E-state index contributed by atoms with van der Waals surface area (Å²) in [5.41, 5.74) is 6.39. The van der Waals surface area contributed by atoms with E-state index in [2.05, 4.69) is 28.8 Å². The lowest BCUT2D eigenvalue weighted by molar-refractivity contribution is -0.121. The number of hydrogen-bond acceptors (Lipinski definition) is 4. The molecule has 1 aromatic heterocycles. The first-order chi connectivity index (χ1) is 8.03. The average molecular weight is 239 g/mol. The molecular weight excluding hydrogens is 218 g/mol. The van der Waals surface area contributed by atoms with Crippen molar-refractivity contribution >= 4 is 5.91 Å². The Morgan fingerprint density at radius 2 is 2.29 bits per heavy atom. The molecule has 0 radical (unpaired) electrons. The lowest BCUT2D eigenvalue weighted by Gasteiger charge is -2.23. The van der Waals surface area contributed by atoms with Crippen molar-refractivity contribution in [1.82, 2.24) is 10.5 Å². The van der Waals surface area contributed by atoms with Gasteiger partial charge in [0.05, 0.1) is 6.54 Å². The van der Waals surface area contributed by atoms with Crippen LogP contribution in [0.2, 0.25) is 0 Å². The third-order valence-corrected chi connectivity index (χ3v) is 2.81. The molecule has 1 aromatic rings. The Kier molecular flexibility index (Phi) is 5.15. The summed E-state index contributed by atoms with van der Waals surface area (Å²) in [6.45, 7) is 5.34.